The molecule has 7 nitrogen and oxygen atoms in total. The first-order valence-electron chi connectivity index (χ1n) is 10.3. The molecule has 150 valence electrons. The topological polar surface area (TPSA) is 67.2 Å². The van der Waals surface area contributed by atoms with Gasteiger partial charge in [0.1, 0.15) is 0 Å². The maximum Gasteiger partial charge on any atom is 0.222 e. The van der Waals surface area contributed by atoms with Crippen molar-refractivity contribution in [3.63, 3.8) is 0 Å². The van der Waals surface area contributed by atoms with Crippen molar-refractivity contribution in [3.05, 3.63) is 41.7 Å². The highest BCUT2D eigenvalue weighted by atomic mass is 16.2. The Morgan fingerprint density at radius 3 is 2.75 bits per heavy atom. The van der Waals surface area contributed by atoms with Crippen LogP contribution in [0.2, 0.25) is 0 Å². The first-order chi connectivity index (χ1) is 13.5. The predicted octanol–water partition coefficient (Wildman–Crippen LogP) is 2.41. The number of carbonyl (C=O) groups excluding carboxylic acids is 1. The van der Waals surface area contributed by atoms with Gasteiger partial charge >= 0.3 is 0 Å². The molecule has 2 aromatic rings. The lowest BCUT2D eigenvalue weighted by Gasteiger charge is -2.48. The van der Waals surface area contributed by atoms with Crippen molar-refractivity contribution in [2.75, 3.05) is 19.6 Å². The van der Waals surface area contributed by atoms with E-state index in [4.69, 9.17) is 0 Å². The van der Waals surface area contributed by atoms with Crippen LogP contribution in [0.3, 0.4) is 0 Å². The summed E-state index contributed by atoms with van der Waals surface area (Å²) in [6.45, 7) is 9.45. The monoisotopic (exact) mass is 382 g/mol. The van der Waals surface area contributed by atoms with Crippen molar-refractivity contribution in [2.45, 2.75) is 59.2 Å². The fourth-order valence-electron chi connectivity index (χ4n) is 4.64. The summed E-state index contributed by atoms with van der Waals surface area (Å²) in [6.07, 6.45) is 11.7. The van der Waals surface area contributed by atoms with E-state index in [0.717, 1.165) is 50.5 Å². The third-order valence-corrected chi connectivity index (χ3v) is 6.09. The average molecular weight is 383 g/mol. The molecule has 2 aliphatic heterocycles. The van der Waals surface area contributed by atoms with Crippen LogP contribution in [0, 0.1) is 12.3 Å². The minimum Gasteiger partial charge on any atom is -0.336 e. The highest BCUT2D eigenvalue weighted by Crippen LogP contribution is 2.39. The molecule has 2 fully saturated rings. The minimum atomic E-state index is 0.199. The van der Waals surface area contributed by atoms with Gasteiger partial charge in [-0.05, 0) is 39.7 Å². The summed E-state index contributed by atoms with van der Waals surface area (Å²) in [5, 5.41) is 4.40. The molecule has 0 radical (unpaired) electrons. The van der Waals surface area contributed by atoms with Crippen molar-refractivity contribution >= 4 is 5.91 Å². The molecule has 0 unspecified atom stereocenters. The zero-order valence-electron chi connectivity index (χ0n) is 17.0. The van der Waals surface area contributed by atoms with Gasteiger partial charge in [0.25, 0.3) is 0 Å². The lowest BCUT2D eigenvalue weighted by Crippen LogP contribution is -2.53. The summed E-state index contributed by atoms with van der Waals surface area (Å²) >= 11 is 0. The second kappa shape index (κ2) is 7.99. The van der Waals surface area contributed by atoms with Crippen LogP contribution in [0.1, 0.15) is 49.6 Å². The highest BCUT2D eigenvalue weighted by Gasteiger charge is 2.41. The molecule has 1 spiro atoms. The fourth-order valence-corrected chi connectivity index (χ4v) is 4.64. The zero-order valence-corrected chi connectivity index (χ0v) is 17.0. The molecular weight excluding hydrogens is 352 g/mol. The summed E-state index contributed by atoms with van der Waals surface area (Å²) in [6, 6.07) is 0. The van der Waals surface area contributed by atoms with Gasteiger partial charge in [0.05, 0.1) is 30.3 Å². The highest BCUT2D eigenvalue weighted by molar-refractivity contribution is 5.77. The molecule has 0 aliphatic carbocycles. The lowest BCUT2D eigenvalue weighted by atomic mass is 9.73. The second-order valence-corrected chi connectivity index (χ2v) is 8.42. The van der Waals surface area contributed by atoms with Gasteiger partial charge in [-0.25, -0.2) is 0 Å². The molecule has 2 aromatic heterocycles. The number of hydrogen-bond donors (Lipinski definition) is 0. The average Bonchev–Trinajstić information content (AvgIpc) is 3.14. The molecule has 7 heteroatoms. The van der Waals surface area contributed by atoms with Gasteiger partial charge in [0, 0.05) is 56.0 Å². The first-order valence-corrected chi connectivity index (χ1v) is 10.3. The van der Waals surface area contributed by atoms with E-state index in [0.29, 0.717) is 13.0 Å². The van der Waals surface area contributed by atoms with Crippen LogP contribution in [0.25, 0.3) is 0 Å². The summed E-state index contributed by atoms with van der Waals surface area (Å²) in [4.78, 5) is 25.9. The van der Waals surface area contributed by atoms with Crippen LogP contribution < -0.4 is 0 Å². The van der Waals surface area contributed by atoms with Gasteiger partial charge in [-0.2, -0.15) is 5.10 Å². The van der Waals surface area contributed by atoms with Crippen molar-refractivity contribution in [2.24, 2.45) is 5.41 Å². The Hall–Kier alpha value is -2.28. The van der Waals surface area contributed by atoms with Gasteiger partial charge in [-0.3, -0.25) is 24.3 Å². The molecule has 4 heterocycles. The van der Waals surface area contributed by atoms with Gasteiger partial charge in [-0.15, -0.1) is 0 Å². The number of amides is 1. The molecule has 0 bridgehead atoms. The predicted molar refractivity (Wildman–Crippen MR) is 106 cm³/mol. The second-order valence-electron chi connectivity index (χ2n) is 8.42. The van der Waals surface area contributed by atoms with Crippen molar-refractivity contribution in [1.82, 2.24) is 29.5 Å². The summed E-state index contributed by atoms with van der Waals surface area (Å²) in [7, 11) is 0. The van der Waals surface area contributed by atoms with Gasteiger partial charge in [-0.1, -0.05) is 0 Å². The molecule has 1 atom stereocenters. The first kappa shape index (κ1) is 19.1. The molecule has 28 heavy (non-hydrogen) atoms. The minimum absolute atomic E-state index is 0.199. The van der Waals surface area contributed by atoms with E-state index in [2.05, 4.69) is 33.1 Å². The maximum atomic E-state index is 12.6. The Morgan fingerprint density at radius 2 is 2.00 bits per heavy atom. The molecule has 2 aliphatic rings. The van der Waals surface area contributed by atoms with Crippen molar-refractivity contribution < 1.29 is 4.79 Å². The Bertz CT molecular complexity index is 817. The number of hydrogen-bond acceptors (Lipinski definition) is 5. The number of aryl methyl sites for hydroxylation is 2. The van der Waals surface area contributed by atoms with Gasteiger partial charge < -0.3 is 4.90 Å². The van der Waals surface area contributed by atoms with E-state index in [1.54, 1.807) is 12.4 Å². The van der Waals surface area contributed by atoms with Crippen LogP contribution in [-0.2, 0) is 24.4 Å². The normalized spacial score (nSPS) is 23.5. The smallest absolute Gasteiger partial charge is 0.222 e. The molecule has 0 aromatic carbocycles. The third-order valence-electron chi connectivity index (χ3n) is 6.09. The maximum absolute atomic E-state index is 12.6. The number of carbonyl (C=O) groups is 1. The molecule has 0 N–H and O–H groups in total. The molecule has 0 saturated carbocycles. The number of aromatic nitrogens is 4. The van der Waals surface area contributed by atoms with E-state index in [1.165, 1.54) is 18.4 Å². The summed E-state index contributed by atoms with van der Waals surface area (Å²) < 4.78 is 1.98. The van der Waals surface area contributed by atoms with E-state index < -0.39 is 0 Å². The Morgan fingerprint density at radius 1 is 1.11 bits per heavy atom. The van der Waals surface area contributed by atoms with E-state index >= 15 is 0 Å². The van der Waals surface area contributed by atoms with Crippen LogP contribution in [-0.4, -0.2) is 55.1 Å². The quantitative estimate of drug-likeness (QED) is 0.794. The van der Waals surface area contributed by atoms with E-state index in [9.17, 15) is 4.79 Å². The van der Waals surface area contributed by atoms with Crippen LogP contribution >= 0.6 is 0 Å². The summed E-state index contributed by atoms with van der Waals surface area (Å²) in [5.41, 5.74) is 3.25. The SMILES string of the molecule is CCn1cc(CN2CCC[C@@]3(CCC(=O)N(Cc4cnc(C)cn4)C3)C2)cn1. The van der Waals surface area contributed by atoms with E-state index in [1.807, 2.05) is 22.7 Å². The molecule has 4 rings (SSSR count). The molecular formula is C21H30N6O. The molecule has 2 saturated heterocycles. The largest absolute Gasteiger partial charge is 0.336 e. The fraction of sp³-hybridized carbons (Fsp3) is 0.619. The number of likely N-dealkylation sites (tertiary alicyclic amines) is 2. The van der Waals surface area contributed by atoms with Crippen molar-refractivity contribution in [3.8, 4) is 0 Å². The number of rotatable bonds is 5. The van der Waals surface area contributed by atoms with Crippen LogP contribution in [0.5, 0.6) is 0 Å². The Balaban J connectivity index is 1.42. The third kappa shape index (κ3) is 4.24. The Kier molecular flexibility index (Phi) is 5.44. The molecule has 1 amide bonds. The summed E-state index contributed by atoms with van der Waals surface area (Å²) in [5.74, 6) is 0.245. The van der Waals surface area contributed by atoms with Crippen LogP contribution in [0.15, 0.2) is 24.8 Å². The standard InChI is InChI=1S/C21H30N6O/c1-3-27-13-18(10-24-27)12-25-8-4-6-21(15-25)7-5-20(28)26(16-21)14-19-11-22-17(2)9-23-19/h9-11,13H,3-8,12,14-16H2,1-2H3/t21-/m1/s1. The van der Waals surface area contributed by atoms with E-state index in [-0.39, 0.29) is 11.3 Å². The number of piperidine rings is 2. The van der Waals surface area contributed by atoms with Gasteiger partial charge in [0.2, 0.25) is 5.91 Å². The van der Waals surface area contributed by atoms with Crippen molar-refractivity contribution in [1.29, 1.82) is 0 Å². The van der Waals surface area contributed by atoms with Gasteiger partial charge in [0.15, 0.2) is 0 Å². The Labute approximate surface area is 166 Å². The zero-order chi connectivity index (χ0) is 19.6. The lowest BCUT2D eigenvalue weighted by molar-refractivity contribution is -0.140. The van der Waals surface area contributed by atoms with Crippen LogP contribution in [0.4, 0.5) is 0 Å². The number of nitrogens with zero attached hydrogens (tertiary/aromatic N) is 6.